The Kier molecular flexibility index (Phi) is 1.21. The summed E-state index contributed by atoms with van der Waals surface area (Å²) in [5.41, 5.74) is 4.36. The molecule has 1 aliphatic heterocycles. The van der Waals surface area contributed by atoms with Crippen LogP contribution < -0.4 is 5.32 Å². The molecule has 3 rings (SSSR count). The molecule has 0 fully saturated rings. The zero-order valence-corrected chi connectivity index (χ0v) is 7.39. The van der Waals surface area contributed by atoms with E-state index < -0.39 is 0 Å². The van der Waals surface area contributed by atoms with E-state index in [-0.39, 0.29) is 5.91 Å². The highest BCUT2D eigenvalue weighted by Gasteiger charge is 2.21. The lowest BCUT2D eigenvalue weighted by Gasteiger charge is -1.95. The first-order valence-electron chi connectivity index (χ1n) is 3.85. The van der Waals surface area contributed by atoms with E-state index in [9.17, 15) is 4.79 Å². The highest BCUT2D eigenvalue weighted by molar-refractivity contribution is 7.17. The van der Waals surface area contributed by atoms with Gasteiger partial charge in [0.25, 0.3) is 0 Å². The Balaban J connectivity index is 2.40. The predicted molar refractivity (Wildman–Crippen MR) is 49.7 cm³/mol. The van der Waals surface area contributed by atoms with Gasteiger partial charge in [0.1, 0.15) is 0 Å². The first kappa shape index (κ1) is 6.97. The van der Waals surface area contributed by atoms with Gasteiger partial charge >= 0.3 is 0 Å². The van der Waals surface area contributed by atoms with Crippen molar-refractivity contribution in [3.05, 3.63) is 17.3 Å². The number of hydrogen-bond donors (Lipinski definition) is 1. The summed E-state index contributed by atoms with van der Waals surface area (Å²) in [7, 11) is 0. The number of pyridine rings is 1. The standard InChI is InChI=1S/C8H5N3OS/c12-6-1-4-5(11-6)2-9-8-7(4)13-3-10-8/h2-3H,1H2,(H,11,12). The Labute approximate surface area is 77.6 Å². The van der Waals surface area contributed by atoms with Crippen LogP contribution in [0.5, 0.6) is 0 Å². The van der Waals surface area contributed by atoms with Crippen molar-refractivity contribution in [1.82, 2.24) is 9.97 Å². The molecule has 1 amide bonds. The van der Waals surface area contributed by atoms with E-state index in [2.05, 4.69) is 15.3 Å². The van der Waals surface area contributed by atoms with E-state index in [4.69, 9.17) is 0 Å². The fourth-order valence-corrected chi connectivity index (χ4v) is 2.30. The van der Waals surface area contributed by atoms with Crippen molar-refractivity contribution >= 4 is 33.3 Å². The minimum Gasteiger partial charge on any atom is -0.324 e. The Bertz CT molecular complexity index is 505. The van der Waals surface area contributed by atoms with Gasteiger partial charge in [0.15, 0.2) is 5.65 Å². The molecule has 2 aromatic rings. The Morgan fingerprint density at radius 2 is 2.38 bits per heavy atom. The topological polar surface area (TPSA) is 54.9 Å². The number of nitrogens with zero attached hydrogens (tertiary/aromatic N) is 2. The molecule has 2 aromatic heterocycles. The van der Waals surface area contributed by atoms with Gasteiger partial charge in [0, 0.05) is 5.56 Å². The average molecular weight is 191 g/mol. The lowest BCUT2D eigenvalue weighted by molar-refractivity contribution is -0.115. The summed E-state index contributed by atoms with van der Waals surface area (Å²) in [6.07, 6.45) is 2.12. The van der Waals surface area contributed by atoms with Crippen molar-refractivity contribution < 1.29 is 4.79 Å². The summed E-state index contributed by atoms with van der Waals surface area (Å²) in [5, 5.41) is 2.76. The summed E-state index contributed by atoms with van der Waals surface area (Å²) < 4.78 is 1.02. The Morgan fingerprint density at radius 1 is 1.46 bits per heavy atom. The molecule has 0 spiro atoms. The van der Waals surface area contributed by atoms with Crippen LogP contribution in [-0.4, -0.2) is 15.9 Å². The van der Waals surface area contributed by atoms with Crippen molar-refractivity contribution in [1.29, 1.82) is 0 Å². The van der Waals surface area contributed by atoms with Crippen molar-refractivity contribution in [3.8, 4) is 0 Å². The number of fused-ring (bicyclic) bond motifs is 3. The lowest BCUT2D eigenvalue weighted by atomic mass is 10.2. The molecular formula is C8H5N3OS. The molecule has 5 heteroatoms. The number of amides is 1. The Morgan fingerprint density at radius 3 is 3.31 bits per heavy atom. The van der Waals surface area contributed by atoms with Gasteiger partial charge in [0.2, 0.25) is 5.91 Å². The summed E-state index contributed by atoms with van der Waals surface area (Å²) in [6, 6.07) is 0. The molecule has 0 atom stereocenters. The van der Waals surface area contributed by atoms with Crippen LogP contribution in [0.2, 0.25) is 0 Å². The van der Waals surface area contributed by atoms with Crippen molar-refractivity contribution in [3.63, 3.8) is 0 Å². The van der Waals surface area contributed by atoms with E-state index >= 15 is 0 Å². The smallest absolute Gasteiger partial charge is 0.228 e. The highest BCUT2D eigenvalue weighted by atomic mass is 32.1. The maximum Gasteiger partial charge on any atom is 0.228 e. The molecule has 0 aromatic carbocycles. The maximum atomic E-state index is 11.1. The van der Waals surface area contributed by atoms with Crippen LogP contribution >= 0.6 is 11.3 Å². The monoisotopic (exact) mass is 191 g/mol. The van der Waals surface area contributed by atoms with E-state index in [0.29, 0.717) is 6.42 Å². The molecule has 0 bridgehead atoms. The van der Waals surface area contributed by atoms with Crippen LogP contribution in [0.3, 0.4) is 0 Å². The Hall–Kier alpha value is -1.49. The van der Waals surface area contributed by atoms with Crippen LogP contribution in [0.15, 0.2) is 11.7 Å². The first-order chi connectivity index (χ1) is 6.34. The SMILES string of the molecule is O=C1Cc2c(cnc3ncsc23)N1. The summed E-state index contributed by atoms with van der Waals surface area (Å²) in [5.74, 6) is 0.0395. The average Bonchev–Trinajstić information content (AvgIpc) is 2.65. The van der Waals surface area contributed by atoms with Gasteiger partial charge in [-0.3, -0.25) is 4.79 Å². The summed E-state index contributed by atoms with van der Waals surface area (Å²) >= 11 is 1.53. The van der Waals surface area contributed by atoms with Crippen LogP contribution in [0, 0.1) is 0 Å². The molecule has 1 N–H and O–H groups in total. The molecule has 1 aliphatic rings. The van der Waals surface area contributed by atoms with Crippen LogP contribution in [0.1, 0.15) is 5.56 Å². The third-order valence-electron chi connectivity index (χ3n) is 2.08. The number of thiazole rings is 1. The fraction of sp³-hybridized carbons (Fsp3) is 0.125. The second-order valence-corrected chi connectivity index (χ2v) is 3.74. The van der Waals surface area contributed by atoms with Crippen LogP contribution in [0.4, 0.5) is 5.69 Å². The number of nitrogens with one attached hydrogen (secondary N) is 1. The number of carbonyl (C=O) groups excluding carboxylic acids is 1. The molecule has 0 saturated heterocycles. The molecule has 0 saturated carbocycles. The first-order valence-corrected chi connectivity index (χ1v) is 4.73. The normalized spacial score (nSPS) is 14.6. The van der Waals surface area contributed by atoms with Crippen molar-refractivity contribution in [2.75, 3.05) is 5.32 Å². The second kappa shape index (κ2) is 2.26. The van der Waals surface area contributed by atoms with Crippen LogP contribution in [-0.2, 0) is 11.2 Å². The van der Waals surface area contributed by atoms with Gasteiger partial charge in [-0.15, -0.1) is 11.3 Å². The molecular weight excluding hydrogens is 186 g/mol. The number of anilines is 1. The van der Waals surface area contributed by atoms with Gasteiger partial charge in [-0.25, -0.2) is 9.97 Å². The molecule has 3 heterocycles. The van der Waals surface area contributed by atoms with E-state index in [0.717, 1.165) is 21.6 Å². The molecule has 0 unspecified atom stereocenters. The predicted octanol–water partition coefficient (Wildman–Crippen LogP) is 1.19. The zero-order chi connectivity index (χ0) is 8.84. The second-order valence-electron chi connectivity index (χ2n) is 2.88. The molecule has 0 radical (unpaired) electrons. The molecule has 0 aliphatic carbocycles. The number of aromatic nitrogens is 2. The molecule has 13 heavy (non-hydrogen) atoms. The fourth-order valence-electron chi connectivity index (χ4n) is 1.50. The van der Waals surface area contributed by atoms with Crippen molar-refractivity contribution in [2.24, 2.45) is 0 Å². The van der Waals surface area contributed by atoms with E-state index in [1.807, 2.05) is 0 Å². The lowest BCUT2D eigenvalue weighted by Crippen LogP contribution is -2.03. The highest BCUT2D eigenvalue weighted by Crippen LogP contribution is 2.30. The minimum atomic E-state index is 0.0395. The number of carbonyl (C=O) groups is 1. The van der Waals surface area contributed by atoms with E-state index in [1.165, 1.54) is 11.3 Å². The quantitative estimate of drug-likeness (QED) is 0.680. The number of rotatable bonds is 0. The van der Waals surface area contributed by atoms with Gasteiger partial charge in [-0.2, -0.15) is 0 Å². The van der Waals surface area contributed by atoms with Gasteiger partial charge in [-0.1, -0.05) is 0 Å². The number of hydrogen-bond acceptors (Lipinski definition) is 4. The molecule has 4 nitrogen and oxygen atoms in total. The zero-order valence-electron chi connectivity index (χ0n) is 6.57. The third-order valence-corrected chi connectivity index (χ3v) is 2.95. The van der Waals surface area contributed by atoms with Gasteiger partial charge in [-0.05, 0) is 0 Å². The third kappa shape index (κ3) is 0.874. The minimum absolute atomic E-state index is 0.0395. The van der Waals surface area contributed by atoms with Gasteiger partial charge < -0.3 is 5.32 Å². The molecule has 64 valence electrons. The van der Waals surface area contributed by atoms with E-state index in [1.54, 1.807) is 11.7 Å². The maximum absolute atomic E-state index is 11.1. The van der Waals surface area contributed by atoms with Crippen molar-refractivity contribution in [2.45, 2.75) is 6.42 Å². The largest absolute Gasteiger partial charge is 0.324 e. The van der Waals surface area contributed by atoms with Crippen LogP contribution in [0.25, 0.3) is 10.3 Å². The summed E-state index contributed by atoms with van der Waals surface area (Å²) in [6.45, 7) is 0. The van der Waals surface area contributed by atoms with Gasteiger partial charge in [0.05, 0.1) is 28.5 Å². The summed E-state index contributed by atoms with van der Waals surface area (Å²) in [4.78, 5) is 19.3.